The number of aliphatic hydroxyl groups excluding tert-OH is 1. The molecule has 1 aliphatic heterocycles. The predicted molar refractivity (Wildman–Crippen MR) is 111 cm³/mol. The van der Waals surface area contributed by atoms with E-state index in [1.807, 2.05) is 38.1 Å². The number of aromatic amines is 1. The fourth-order valence-corrected chi connectivity index (χ4v) is 3.75. The number of carbonyl (C=O) groups is 2. The number of aromatic nitrogens is 2. The summed E-state index contributed by atoms with van der Waals surface area (Å²) in [5.74, 6) is -1.05. The summed E-state index contributed by atoms with van der Waals surface area (Å²) in [6.45, 7) is 3.84. The third kappa shape index (κ3) is 3.12. The number of nitrogens with one attached hydrogen (secondary N) is 1. The maximum Gasteiger partial charge on any atom is 0.262 e. The van der Waals surface area contributed by atoms with Crippen LogP contribution in [0.1, 0.15) is 46.8 Å². The topological polar surface area (TPSA) is 110 Å². The van der Waals surface area contributed by atoms with Gasteiger partial charge in [0.05, 0.1) is 28.2 Å². The first-order valence-electron chi connectivity index (χ1n) is 9.67. The number of benzene rings is 2. The van der Waals surface area contributed by atoms with E-state index in [4.69, 9.17) is 0 Å². The first-order chi connectivity index (χ1) is 14.4. The van der Waals surface area contributed by atoms with Crippen molar-refractivity contribution < 1.29 is 14.7 Å². The quantitative estimate of drug-likeness (QED) is 0.381. The molecule has 2 aromatic carbocycles. The summed E-state index contributed by atoms with van der Waals surface area (Å²) < 4.78 is 0. The predicted octanol–water partition coefficient (Wildman–Crippen LogP) is 4.07. The van der Waals surface area contributed by atoms with Crippen molar-refractivity contribution in [2.45, 2.75) is 26.3 Å². The zero-order valence-corrected chi connectivity index (χ0v) is 16.6. The summed E-state index contributed by atoms with van der Waals surface area (Å²) in [4.78, 5) is 34.4. The molecule has 0 spiro atoms. The largest absolute Gasteiger partial charge is 0.509 e. The van der Waals surface area contributed by atoms with Gasteiger partial charge in [-0.05, 0) is 36.6 Å². The second-order valence-corrected chi connectivity index (χ2v) is 7.65. The van der Waals surface area contributed by atoms with Crippen molar-refractivity contribution in [1.29, 1.82) is 5.26 Å². The Morgan fingerprint density at radius 2 is 1.70 bits per heavy atom. The summed E-state index contributed by atoms with van der Waals surface area (Å²) in [6, 6.07) is 14.8. The lowest BCUT2D eigenvalue weighted by Crippen LogP contribution is -2.42. The molecule has 0 bridgehead atoms. The Hall–Kier alpha value is -3.92. The number of imidazole rings is 1. The molecule has 7 nitrogen and oxygen atoms in total. The third-order valence-electron chi connectivity index (χ3n) is 5.14. The minimum absolute atomic E-state index is 0.0529. The molecule has 30 heavy (non-hydrogen) atoms. The highest BCUT2D eigenvalue weighted by molar-refractivity contribution is 6.21. The van der Waals surface area contributed by atoms with Crippen LogP contribution in [0.15, 0.2) is 54.3 Å². The molecular formula is C23H20N4O3. The van der Waals surface area contributed by atoms with Crippen LogP contribution in [-0.4, -0.2) is 37.8 Å². The van der Waals surface area contributed by atoms with Crippen molar-refractivity contribution >= 4 is 28.4 Å². The van der Waals surface area contributed by atoms with Gasteiger partial charge in [-0.25, -0.2) is 4.98 Å². The van der Waals surface area contributed by atoms with E-state index >= 15 is 0 Å². The molecule has 1 aliphatic rings. The normalized spacial score (nSPS) is 15.3. The van der Waals surface area contributed by atoms with E-state index < -0.39 is 17.9 Å². The summed E-state index contributed by atoms with van der Waals surface area (Å²) in [5, 5.41) is 20.9. The minimum Gasteiger partial charge on any atom is -0.509 e. The van der Waals surface area contributed by atoms with E-state index in [9.17, 15) is 20.0 Å². The number of fused-ring (bicyclic) bond motifs is 2. The molecule has 7 heteroatoms. The molecule has 1 atom stereocenters. The van der Waals surface area contributed by atoms with Gasteiger partial charge in [0.25, 0.3) is 11.8 Å². The Morgan fingerprint density at radius 3 is 2.27 bits per heavy atom. The van der Waals surface area contributed by atoms with Gasteiger partial charge in [0.1, 0.15) is 17.4 Å². The number of hydrogen-bond donors (Lipinski definition) is 2. The average Bonchev–Trinajstić information content (AvgIpc) is 3.26. The number of aliphatic hydroxyl groups is 1. The number of rotatable bonds is 5. The third-order valence-corrected chi connectivity index (χ3v) is 5.14. The molecule has 1 unspecified atom stereocenters. The molecule has 1 aromatic heterocycles. The van der Waals surface area contributed by atoms with Gasteiger partial charge in [-0.15, -0.1) is 0 Å². The Morgan fingerprint density at radius 1 is 1.10 bits per heavy atom. The highest BCUT2D eigenvalue weighted by atomic mass is 16.3. The Kier molecular flexibility index (Phi) is 4.84. The molecule has 0 saturated carbocycles. The van der Waals surface area contributed by atoms with E-state index in [1.165, 1.54) is 0 Å². The lowest BCUT2D eigenvalue weighted by Gasteiger charge is -2.27. The van der Waals surface area contributed by atoms with Gasteiger partial charge in [0.2, 0.25) is 0 Å². The summed E-state index contributed by atoms with van der Waals surface area (Å²) in [6.07, 6.45) is 0.308. The molecule has 0 aliphatic carbocycles. The van der Waals surface area contributed by atoms with Crippen molar-refractivity contribution in [3.8, 4) is 6.07 Å². The van der Waals surface area contributed by atoms with Gasteiger partial charge in [-0.2, -0.15) is 5.26 Å². The second-order valence-electron chi connectivity index (χ2n) is 7.65. The van der Waals surface area contributed by atoms with Gasteiger partial charge in [-0.3, -0.25) is 14.5 Å². The number of amides is 2. The molecule has 2 N–H and O–H groups in total. The average molecular weight is 400 g/mol. The monoisotopic (exact) mass is 400 g/mol. The van der Waals surface area contributed by atoms with Gasteiger partial charge in [0.15, 0.2) is 5.82 Å². The van der Waals surface area contributed by atoms with Crippen LogP contribution < -0.4 is 0 Å². The van der Waals surface area contributed by atoms with Crippen molar-refractivity contribution in [3.63, 3.8) is 0 Å². The van der Waals surface area contributed by atoms with Crippen LogP contribution in [0.4, 0.5) is 0 Å². The van der Waals surface area contributed by atoms with Crippen LogP contribution >= 0.6 is 0 Å². The maximum absolute atomic E-state index is 13.0. The summed E-state index contributed by atoms with van der Waals surface area (Å²) >= 11 is 0. The van der Waals surface area contributed by atoms with Crippen LogP contribution in [0, 0.1) is 17.2 Å². The molecule has 0 saturated heterocycles. The highest BCUT2D eigenvalue weighted by Gasteiger charge is 2.42. The molecule has 3 aromatic rings. The summed E-state index contributed by atoms with van der Waals surface area (Å²) in [5.41, 5.74) is 1.87. The van der Waals surface area contributed by atoms with Crippen LogP contribution in [0.2, 0.25) is 0 Å². The number of H-pyrrole nitrogens is 1. The maximum atomic E-state index is 13.0. The van der Waals surface area contributed by atoms with Gasteiger partial charge in [-0.1, -0.05) is 38.1 Å². The van der Waals surface area contributed by atoms with Crippen molar-refractivity contribution in [2.75, 3.05) is 0 Å². The van der Waals surface area contributed by atoms with E-state index in [1.54, 1.807) is 30.3 Å². The summed E-state index contributed by atoms with van der Waals surface area (Å²) in [7, 11) is 0. The molecule has 2 amide bonds. The molecule has 0 fully saturated rings. The number of nitriles is 1. The van der Waals surface area contributed by atoms with Crippen LogP contribution in [-0.2, 0) is 0 Å². The molecule has 150 valence electrons. The lowest BCUT2D eigenvalue weighted by molar-refractivity contribution is 0.0558. The Labute approximate surface area is 173 Å². The van der Waals surface area contributed by atoms with E-state index in [2.05, 4.69) is 9.97 Å². The number of imide groups is 1. The van der Waals surface area contributed by atoms with Crippen LogP contribution in [0.3, 0.4) is 0 Å². The van der Waals surface area contributed by atoms with Crippen molar-refractivity contribution in [3.05, 3.63) is 71.2 Å². The fraction of sp³-hybridized carbons (Fsp3) is 0.217. The lowest BCUT2D eigenvalue weighted by atomic mass is 9.98. The number of nitrogens with zero attached hydrogens (tertiary/aromatic N) is 3. The van der Waals surface area contributed by atoms with Crippen LogP contribution in [0.5, 0.6) is 0 Å². The standard InChI is InChI=1S/C23H20N4O3/c1-13(2)11-19(27-22(29)14-7-3-4-8-15(14)23(27)30)20(28)16(12-24)21-25-17-9-5-6-10-18(17)26-21/h3-10,13,19,28H,11H2,1-2H3,(H,25,26). The fourth-order valence-electron chi connectivity index (χ4n) is 3.75. The van der Waals surface area contributed by atoms with Crippen molar-refractivity contribution in [2.24, 2.45) is 5.92 Å². The first kappa shape index (κ1) is 19.4. The SMILES string of the molecule is CC(C)CC(C(O)=C(C#N)c1nc2ccccc2[nH]1)N1C(=O)c2ccccc2C1=O. The highest BCUT2D eigenvalue weighted by Crippen LogP contribution is 2.32. The van der Waals surface area contributed by atoms with E-state index in [0.717, 1.165) is 4.90 Å². The number of hydrogen-bond acceptors (Lipinski definition) is 5. The molecule has 4 rings (SSSR count). The Bertz CT molecular complexity index is 1160. The number of carbonyl (C=O) groups excluding carboxylic acids is 2. The minimum atomic E-state index is -0.972. The van der Waals surface area contributed by atoms with E-state index in [0.29, 0.717) is 28.6 Å². The number of allylic oxidation sites excluding steroid dienone is 1. The smallest absolute Gasteiger partial charge is 0.262 e. The molecule has 2 heterocycles. The number of para-hydroxylation sites is 2. The van der Waals surface area contributed by atoms with Crippen molar-refractivity contribution in [1.82, 2.24) is 14.9 Å². The van der Waals surface area contributed by atoms with E-state index in [-0.39, 0.29) is 23.1 Å². The van der Waals surface area contributed by atoms with Crippen LogP contribution in [0.25, 0.3) is 16.6 Å². The zero-order valence-electron chi connectivity index (χ0n) is 16.6. The molecular weight excluding hydrogens is 380 g/mol. The Balaban J connectivity index is 1.83. The van der Waals surface area contributed by atoms with Gasteiger partial charge >= 0.3 is 0 Å². The zero-order chi connectivity index (χ0) is 21.4. The first-order valence-corrected chi connectivity index (χ1v) is 9.67. The van der Waals surface area contributed by atoms with Gasteiger partial charge < -0.3 is 10.1 Å². The molecule has 0 radical (unpaired) electrons. The van der Waals surface area contributed by atoms with Gasteiger partial charge in [0, 0.05) is 0 Å². The second kappa shape index (κ2) is 7.48.